The molecule has 4 heteroatoms. The highest BCUT2D eigenvalue weighted by Gasteiger charge is 2.37. The Bertz CT molecular complexity index is 631. The molecule has 3 rings (SSSR count). The van der Waals surface area contributed by atoms with Crippen molar-refractivity contribution in [2.75, 3.05) is 7.11 Å². The Kier molecular flexibility index (Phi) is 2.64. The fourth-order valence-corrected chi connectivity index (χ4v) is 2.47. The van der Waals surface area contributed by atoms with Crippen LogP contribution in [0, 0.1) is 0 Å². The van der Waals surface area contributed by atoms with Crippen LogP contribution in [0.5, 0.6) is 11.6 Å². The first kappa shape index (κ1) is 12.2. The molecule has 0 radical (unpaired) electrons. The monoisotopic (exact) mass is 259 g/mol. The number of rotatable bonds is 2. The predicted molar refractivity (Wildman–Crippen MR) is 72.7 cm³/mol. The molecule has 4 nitrogen and oxygen atoms in total. The molecule has 2 aromatic rings. The highest BCUT2D eigenvalue weighted by molar-refractivity contribution is 5.87. The zero-order chi connectivity index (χ0) is 13.6. The molecule has 1 aromatic carbocycles. The molecule has 0 saturated carbocycles. The van der Waals surface area contributed by atoms with Crippen LogP contribution in [-0.2, 0) is 6.42 Å². The van der Waals surface area contributed by atoms with E-state index in [1.165, 1.54) is 0 Å². The van der Waals surface area contributed by atoms with Crippen LogP contribution in [0.15, 0.2) is 24.3 Å². The summed E-state index contributed by atoms with van der Waals surface area (Å²) in [7, 11) is 1.65. The normalized spacial score (nSPS) is 18.2. The summed E-state index contributed by atoms with van der Waals surface area (Å²) in [6, 6.07) is 7.81. The number of para-hydroxylation sites is 1. The van der Waals surface area contributed by atoms with Crippen molar-refractivity contribution in [2.45, 2.75) is 32.0 Å². The molecule has 1 aliphatic heterocycles. The van der Waals surface area contributed by atoms with E-state index in [1.807, 2.05) is 24.3 Å². The summed E-state index contributed by atoms with van der Waals surface area (Å²) < 4.78 is 11.3. The van der Waals surface area contributed by atoms with Crippen molar-refractivity contribution < 1.29 is 14.6 Å². The number of aromatic nitrogens is 1. The molecular formula is C15H17NO3. The fourth-order valence-electron chi connectivity index (χ4n) is 2.47. The van der Waals surface area contributed by atoms with Gasteiger partial charge in [0.05, 0.1) is 23.8 Å². The van der Waals surface area contributed by atoms with E-state index in [9.17, 15) is 5.11 Å². The maximum absolute atomic E-state index is 10.1. The van der Waals surface area contributed by atoms with Crippen molar-refractivity contribution in [3.05, 3.63) is 29.8 Å². The molecule has 0 spiro atoms. The molecule has 0 fully saturated rings. The van der Waals surface area contributed by atoms with Crippen LogP contribution < -0.4 is 9.47 Å². The van der Waals surface area contributed by atoms with Gasteiger partial charge in [0.1, 0.15) is 11.9 Å². The quantitative estimate of drug-likeness (QED) is 0.899. The summed E-state index contributed by atoms with van der Waals surface area (Å²) >= 11 is 0. The predicted octanol–water partition coefficient (Wildman–Crippen LogP) is 2.32. The van der Waals surface area contributed by atoms with Crippen molar-refractivity contribution in [1.82, 2.24) is 4.98 Å². The third kappa shape index (κ3) is 1.92. The van der Waals surface area contributed by atoms with Gasteiger partial charge in [0, 0.05) is 11.8 Å². The maximum Gasteiger partial charge on any atom is 0.221 e. The van der Waals surface area contributed by atoms with E-state index >= 15 is 0 Å². The van der Waals surface area contributed by atoms with Gasteiger partial charge in [0.2, 0.25) is 5.88 Å². The molecule has 0 saturated heterocycles. The number of hydrogen-bond acceptors (Lipinski definition) is 4. The van der Waals surface area contributed by atoms with Gasteiger partial charge in [-0.25, -0.2) is 4.98 Å². The average molecular weight is 259 g/mol. The number of benzene rings is 1. The smallest absolute Gasteiger partial charge is 0.221 e. The van der Waals surface area contributed by atoms with Crippen LogP contribution >= 0.6 is 0 Å². The Labute approximate surface area is 112 Å². The summed E-state index contributed by atoms with van der Waals surface area (Å²) in [4.78, 5) is 4.51. The van der Waals surface area contributed by atoms with E-state index in [-0.39, 0.29) is 6.10 Å². The molecule has 1 atom stereocenters. The topological polar surface area (TPSA) is 51.6 Å². The van der Waals surface area contributed by atoms with Gasteiger partial charge < -0.3 is 14.6 Å². The largest absolute Gasteiger partial charge is 0.496 e. The lowest BCUT2D eigenvalue weighted by Crippen LogP contribution is -2.39. The van der Waals surface area contributed by atoms with E-state index in [1.54, 1.807) is 21.0 Å². The van der Waals surface area contributed by atoms with E-state index in [2.05, 4.69) is 4.98 Å². The lowest BCUT2D eigenvalue weighted by Gasteiger charge is -2.24. The molecule has 0 amide bonds. The summed E-state index contributed by atoms with van der Waals surface area (Å²) in [5.41, 5.74) is 0.876. The average Bonchev–Trinajstić information content (AvgIpc) is 2.79. The van der Waals surface area contributed by atoms with Gasteiger partial charge in [-0.1, -0.05) is 12.1 Å². The zero-order valence-corrected chi connectivity index (χ0v) is 11.3. The second-order valence-electron chi connectivity index (χ2n) is 5.41. The summed E-state index contributed by atoms with van der Waals surface area (Å²) in [5, 5.41) is 11.1. The number of aliphatic hydroxyl groups is 1. The van der Waals surface area contributed by atoms with Gasteiger partial charge in [-0.3, -0.25) is 0 Å². The number of ether oxygens (including phenoxy) is 2. The summed E-state index contributed by atoms with van der Waals surface area (Å²) in [5.74, 6) is 1.37. The van der Waals surface area contributed by atoms with Gasteiger partial charge in [0.15, 0.2) is 0 Å². The minimum atomic E-state index is -0.905. The number of fused-ring (bicyclic) bond motifs is 2. The fraction of sp³-hybridized carbons (Fsp3) is 0.400. The zero-order valence-electron chi connectivity index (χ0n) is 11.3. The standard InChI is InChI=1S/C15H17NO3/c1-15(2,17)12-8-10-13(18-3)9-6-4-5-7-11(9)16-14(10)19-12/h4-7,12,17H,8H2,1-3H3. The number of methoxy groups -OCH3 is 1. The summed E-state index contributed by atoms with van der Waals surface area (Å²) in [6.45, 7) is 3.49. The molecule has 19 heavy (non-hydrogen) atoms. The van der Waals surface area contributed by atoms with E-state index in [4.69, 9.17) is 9.47 Å². The molecule has 1 unspecified atom stereocenters. The van der Waals surface area contributed by atoms with Crippen LogP contribution in [-0.4, -0.2) is 28.9 Å². The lowest BCUT2D eigenvalue weighted by molar-refractivity contribution is -0.0243. The second-order valence-corrected chi connectivity index (χ2v) is 5.41. The molecule has 2 heterocycles. The maximum atomic E-state index is 10.1. The molecule has 1 N–H and O–H groups in total. The first-order chi connectivity index (χ1) is 9.00. The third-order valence-corrected chi connectivity index (χ3v) is 3.54. The minimum absolute atomic E-state index is 0.291. The molecule has 1 aliphatic rings. The Morgan fingerprint density at radius 2 is 2.11 bits per heavy atom. The highest BCUT2D eigenvalue weighted by Crippen LogP contribution is 2.41. The van der Waals surface area contributed by atoms with Crippen LogP contribution in [0.3, 0.4) is 0 Å². The first-order valence-corrected chi connectivity index (χ1v) is 6.35. The van der Waals surface area contributed by atoms with Gasteiger partial charge in [-0.2, -0.15) is 0 Å². The van der Waals surface area contributed by atoms with Crippen molar-refractivity contribution in [1.29, 1.82) is 0 Å². The third-order valence-electron chi connectivity index (χ3n) is 3.54. The molecule has 1 aromatic heterocycles. The van der Waals surface area contributed by atoms with Crippen molar-refractivity contribution in [2.24, 2.45) is 0 Å². The Morgan fingerprint density at radius 3 is 2.79 bits per heavy atom. The SMILES string of the molecule is COc1c2c(nc3ccccc13)OC(C(C)(C)O)C2. The summed E-state index contributed by atoms with van der Waals surface area (Å²) in [6.07, 6.45) is 0.320. The molecule has 0 aliphatic carbocycles. The van der Waals surface area contributed by atoms with Crippen LogP contribution in [0.2, 0.25) is 0 Å². The van der Waals surface area contributed by atoms with Gasteiger partial charge in [0.25, 0.3) is 0 Å². The first-order valence-electron chi connectivity index (χ1n) is 6.35. The Hall–Kier alpha value is -1.81. The van der Waals surface area contributed by atoms with Gasteiger partial charge in [-0.05, 0) is 26.0 Å². The van der Waals surface area contributed by atoms with Crippen molar-refractivity contribution >= 4 is 10.9 Å². The van der Waals surface area contributed by atoms with Crippen molar-refractivity contribution in [3.8, 4) is 11.6 Å². The minimum Gasteiger partial charge on any atom is -0.496 e. The van der Waals surface area contributed by atoms with Crippen LogP contribution in [0.25, 0.3) is 10.9 Å². The van der Waals surface area contributed by atoms with E-state index in [0.717, 1.165) is 22.2 Å². The number of nitrogens with zero attached hydrogens (tertiary/aromatic N) is 1. The lowest BCUT2D eigenvalue weighted by atomic mass is 9.97. The second kappa shape index (κ2) is 4.10. The van der Waals surface area contributed by atoms with Crippen molar-refractivity contribution in [3.63, 3.8) is 0 Å². The van der Waals surface area contributed by atoms with E-state index in [0.29, 0.717) is 12.3 Å². The molecule has 0 bridgehead atoms. The molecular weight excluding hydrogens is 242 g/mol. The van der Waals surface area contributed by atoms with E-state index < -0.39 is 5.60 Å². The van der Waals surface area contributed by atoms with Gasteiger partial charge >= 0.3 is 0 Å². The Morgan fingerprint density at radius 1 is 1.37 bits per heavy atom. The number of pyridine rings is 1. The molecule has 100 valence electrons. The van der Waals surface area contributed by atoms with Crippen LogP contribution in [0.4, 0.5) is 0 Å². The van der Waals surface area contributed by atoms with Crippen LogP contribution in [0.1, 0.15) is 19.4 Å². The van der Waals surface area contributed by atoms with Gasteiger partial charge in [-0.15, -0.1) is 0 Å². The Balaban J connectivity index is 2.17. The number of hydrogen-bond donors (Lipinski definition) is 1. The highest BCUT2D eigenvalue weighted by atomic mass is 16.5.